The van der Waals surface area contributed by atoms with E-state index in [0.717, 1.165) is 32.6 Å². The number of hydrogen-bond acceptors (Lipinski definition) is 3. The summed E-state index contributed by atoms with van der Waals surface area (Å²) in [5.41, 5.74) is 2.91. The highest BCUT2D eigenvalue weighted by Crippen LogP contribution is 2.25. The zero-order valence-electron chi connectivity index (χ0n) is 10.3. The lowest BCUT2D eigenvalue weighted by Gasteiger charge is -2.25. The van der Waals surface area contributed by atoms with E-state index >= 15 is 0 Å². The highest BCUT2D eigenvalue weighted by molar-refractivity contribution is 5.56. The summed E-state index contributed by atoms with van der Waals surface area (Å²) in [7, 11) is 0. The fourth-order valence-corrected chi connectivity index (χ4v) is 2.67. The molecule has 3 nitrogen and oxygen atoms in total. The fourth-order valence-electron chi connectivity index (χ4n) is 2.67. The molecule has 2 N–H and O–H groups in total. The van der Waals surface area contributed by atoms with E-state index in [1.807, 2.05) is 0 Å². The highest BCUT2D eigenvalue weighted by atomic mass is 16.5. The van der Waals surface area contributed by atoms with Crippen LogP contribution in [0.15, 0.2) is 24.3 Å². The average molecular weight is 232 g/mol. The first-order chi connectivity index (χ1) is 8.25. The molecule has 0 amide bonds. The second-order valence-corrected chi connectivity index (χ2v) is 5.45. The van der Waals surface area contributed by atoms with Crippen molar-refractivity contribution in [1.29, 1.82) is 0 Å². The van der Waals surface area contributed by atoms with Crippen molar-refractivity contribution in [2.75, 3.05) is 25.1 Å². The molecular weight excluding hydrogens is 212 g/mol. The van der Waals surface area contributed by atoms with Gasteiger partial charge in [0.1, 0.15) is 0 Å². The first kappa shape index (κ1) is 11.1. The molecule has 2 heterocycles. The van der Waals surface area contributed by atoms with Crippen LogP contribution in [0.1, 0.15) is 18.9 Å². The van der Waals surface area contributed by atoms with Gasteiger partial charge in [-0.2, -0.15) is 0 Å². The average Bonchev–Trinajstić information content (AvgIpc) is 2.93. The van der Waals surface area contributed by atoms with E-state index in [2.05, 4.69) is 41.8 Å². The molecule has 0 aromatic heterocycles. The van der Waals surface area contributed by atoms with E-state index in [0.29, 0.717) is 6.04 Å². The maximum atomic E-state index is 5.45. The molecule has 0 aliphatic carbocycles. The highest BCUT2D eigenvalue weighted by Gasteiger charge is 2.30. The summed E-state index contributed by atoms with van der Waals surface area (Å²) in [4.78, 5) is 0. The van der Waals surface area contributed by atoms with Crippen molar-refractivity contribution in [2.45, 2.75) is 31.3 Å². The number of nitrogens with one attached hydrogen (secondary N) is 2. The Balaban J connectivity index is 1.55. The van der Waals surface area contributed by atoms with Crippen molar-refractivity contribution in [2.24, 2.45) is 0 Å². The summed E-state index contributed by atoms with van der Waals surface area (Å²) in [6.07, 6.45) is 2.24. The zero-order chi connectivity index (χ0) is 11.7. The molecule has 0 spiro atoms. The van der Waals surface area contributed by atoms with Gasteiger partial charge in [0.15, 0.2) is 0 Å². The van der Waals surface area contributed by atoms with Crippen LogP contribution < -0.4 is 10.6 Å². The Morgan fingerprint density at radius 1 is 1.47 bits per heavy atom. The number of benzene rings is 1. The molecule has 1 aromatic carbocycles. The van der Waals surface area contributed by atoms with Crippen molar-refractivity contribution in [3.8, 4) is 0 Å². The summed E-state index contributed by atoms with van der Waals surface area (Å²) in [6, 6.07) is 9.10. The molecule has 3 heteroatoms. The third-order valence-corrected chi connectivity index (χ3v) is 3.84. The van der Waals surface area contributed by atoms with E-state index in [1.54, 1.807) is 0 Å². The SMILES string of the molecule is CC1(NCC2Cc3ccccc3N2)CCOC1. The minimum atomic E-state index is 0.177. The topological polar surface area (TPSA) is 33.3 Å². The Morgan fingerprint density at radius 2 is 2.35 bits per heavy atom. The van der Waals surface area contributed by atoms with Gasteiger partial charge in [-0.25, -0.2) is 0 Å². The Morgan fingerprint density at radius 3 is 3.12 bits per heavy atom. The molecule has 2 unspecified atom stereocenters. The van der Waals surface area contributed by atoms with Gasteiger partial charge in [0.05, 0.1) is 6.61 Å². The van der Waals surface area contributed by atoms with E-state index in [-0.39, 0.29) is 5.54 Å². The first-order valence-electron chi connectivity index (χ1n) is 6.42. The number of fused-ring (bicyclic) bond motifs is 1. The minimum absolute atomic E-state index is 0.177. The predicted octanol–water partition coefficient (Wildman–Crippen LogP) is 1.79. The van der Waals surface area contributed by atoms with Crippen LogP contribution in [0.5, 0.6) is 0 Å². The second-order valence-electron chi connectivity index (χ2n) is 5.45. The number of anilines is 1. The van der Waals surface area contributed by atoms with Crippen LogP contribution in [0, 0.1) is 0 Å². The second kappa shape index (κ2) is 4.31. The van der Waals surface area contributed by atoms with Crippen molar-refractivity contribution in [1.82, 2.24) is 5.32 Å². The van der Waals surface area contributed by atoms with Crippen molar-refractivity contribution in [3.05, 3.63) is 29.8 Å². The van der Waals surface area contributed by atoms with Gasteiger partial charge in [-0.1, -0.05) is 18.2 Å². The van der Waals surface area contributed by atoms with Gasteiger partial charge < -0.3 is 15.4 Å². The summed E-state index contributed by atoms with van der Waals surface area (Å²) < 4.78 is 5.45. The van der Waals surface area contributed by atoms with Crippen molar-refractivity contribution < 1.29 is 4.74 Å². The monoisotopic (exact) mass is 232 g/mol. The van der Waals surface area contributed by atoms with Gasteiger partial charge in [-0.05, 0) is 31.4 Å². The third kappa shape index (κ3) is 2.31. The molecule has 2 aliphatic rings. The van der Waals surface area contributed by atoms with Crippen LogP contribution >= 0.6 is 0 Å². The molecule has 0 saturated carbocycles. The smallest absolute Gasteiger partial charge is 0.0646 e. The van der Waals surface area contributed by atoms with Crippen LogP contribution in [0.25, 0.3) is 0 Å². The Bertz CT molecular complexity index is 374. The van der Waals surface area contributed by atoms with Gasteiger partial charge in [0.25, 0.3) is 0 Å². The largest absolute Gasteiger partial charge is 0.380 e. The van der Waals surface area contributed by atoms with E-state index in [9.17, 15) is 0 Å². The quantitative estimate of drug-likeness (QED) is 0.833. The van der Waals surface area contributed by atoms with Gasteiger partial charge in [0.2, 0.25) is 0 Å². The maximum Gasteiger partial charge on any atom is 0.0646 e. The molecule has 3 rings (SSSR count). The number of hydrogen-bond donors (Lipinski definition) is 2. The molecule has 0 bridgehead atoms. The van der Waals surface area contributed by atoms with E-state index in [4.69, 9.17) is 4.74 Å². The lowest BCUT2D eigenvalue weighted by molar-refractivity contribution is 0.171. The normalized spacial score (nSPS) is 31.2. The number of rotatable bonds is 3. The number of para-hydroxylation sites is 1. The third-order valence-electron chi connectivity index (χ3n) is 3.84. The number of ether oxygens (including phenoxy) is 1. The van der Waals surface area contributed by atoms with Crippen LogP contribution in [0.4, 0.5) is 5.69 Å². The molecule has 17 heavy (non-hydrogen) atoms. The van der Waals surface area contributed by atoms with Crippen LogP contribution in [-0.2, 0) is 11.2 Å². The van der Waals surface area contributed by atoms with Gasteiger partial charge in [0, 0.05) is 30.4 Å². The molecule has 2 aliphatic heterocycles. The molecule has 1 fully saturated rings. The molecule has 2 atom stereocenters. The lowest BCUT2D eigenvalue weighted by Crippen LogP contribution is -2.47. The minimum Gasteiger partial charge on any atom is -0.380 e. The Kier molecular flexibility index (Phi) is 2.81. The Labute approximate surface area is 103 Å². The molecular formula is C14H20N2O. The van der Waals surface area contributed by atoms with Gasteiger partial charge in [-0.15, -0.1) is 0 Å². The summed E-state index contributed by atoms with van der Waals surface area (Å²) in [6.45, 7) is 4.99. The van der Waals surface area contributed by atoms with Crippen LogP contribution in [0.2, 0.25) is 0 Å². The van der Waals surface area contributed by atoms with Crippen molar-refractivity contribution in [3.63, 3.8) is 0 Å². The summed E-state index contributed by atoms with van der Waals surface area (Å²) in [5, 5.41) is 7.22. The first-order valence-corrected chi connectivity index (χ1v) is 6.42. The summed E-state index contributed by atoms with van der Waals surface area (Å²) >= 11 is 0. The summed E-state index contributed by atoms with van der Waals surface area (Å²) in [5.74, 6) is 0. The van der Waals surface area contributed by atoms with E-state index < -0.39 is 0 Å². The molecule has 1 aromatic rings. The fraction of sp³-hybridized carbons (Fsp3) is 0.571. The van der Waals surface area contributed by atoms with Crippen molar-refractivity contribution >= 4 is 5.69 Å². The van der Waals surface area contributed by atoms with Crippen LogP contribution in [-0.4, -0.2) is 31.3 Å². The Hall–Kier alpha value is -1.06. The maximum absolute atomic E-state index is 5.45. The standard InChI is InChI=1S/C14H20N2O/c1-14(6-7-17-10-14)15-9-12-8-11-4-2-3-5-13(11)16-12/h2-5,12,15-16H,6-10H2,1H3. The van der Waals surface area contributed by atoms with Gasteiger partial charge in [-0.3, -0.25) is 0 Å². The zero-order valence-corrected chi connectivity index (χ0v) is 10.3. The molecule has 0 radical (unpaired) electrons. The van der Waals surface area contributed by atoms with E-state index in [1.165, 1.54) is 11.3 Å². The van der Waals surface area contributed by atoms with Gasteiger partial charge >= 0.3 is 0 Å². The predicted molar refractivity (Wildman–Crippen MR) is 69.4 cm³/mol. The molecule has 1 saturated heterocycles. The van der Waals surface area contributed by atoms with Crippen LogP contribution in [0.3, 0.4) is 0 Å². The molecule has 92 valence electrons. The lowest BCUT2D eigenvalue weighted by atomic mass is 10.0.